The Balaban J connectivity index is 1.96. The molecule has 0 aliphatic heterocycles. The van der Waals surface area contributed by atoms with Crippen LogP contribution in [0, 0.1) is 0 Å². The molecule has 0 aliphatic rings. The van der Waals surface area contributed by atoms with Crippen LogP contribution >= 0.6 is 11.6 Å². The lowest BCUT2D eigenvalue weighted by Gasteiger charge is -2.19. The molecule has 1 heterocycles. The number of pyridine rings is 1. The highest BCUT2D eigenvalue weighted by atomic mass is 35.5. The van der Waals surface area contributed by atoms with E-state index in [1.807, 2.05) is 30.3 Å². The molecule has 6 nitrogen and oxygen atoms in total. The number of methoxy groups -OCH3 is 1. The summed E-state index contributed by atoms with van der Waals surface area (Å²) in [6.45, 7) is 0.496. The molecule has 0 spiro atoms. The molecule has 0 fully saturated rings. The first-order valence-corrected chi connectivity index (χ1v) is 9.09. The molecule has 134 valence electrons. The molecule has 2 rings (SSSR count). The predicted molar refractivity (Wildman–Crippen MR) is 96.4 cm³/mol. The zero-order chi connectivity index (χ0) is 18.2. The Kier molecular flexibility index (Phi) is 7.52. The third-order valence-corrected chi connectivity index (χ3v) is 4.82. The number of carbonyl (C=O) groups excluding carboxylic acids is 1. The fourth-order valence-electron chi connectivity index (χ4n) is 2.24. The summed E-state index contributed by atoms with van der Waals surface area (Å²) >= 11 is 4.21. The van der Waals surface area contributed by atoms with Crippen molar-refractivity contribution in [2.75, 3.05) is 13.7 Å². The monoisotopic (exact) mass is 382 g/mol. The molecule has 2 aromatic rings. The van der Waals surface area contributed by atoms with Crippen LogP contribution in [-0.4, -0.2) is 37.7 Å². The topological polar surface area (TPSA) is 79.7 Å². The number of nitrogens with zero attached hydrogens (tertiary/aromatic N) is 2. The third kappa shape index (κ3) is 5.89. The van der Waals surface area contributed by atoms with Crippen molar-refractivity contribution in [1.82, 2.24) is 9.29 Å². The van der Waals surface area contributed by atoms with Crippen molar-refractivity contribution < 1.29 is 18.3 Å². The zero-order valence-electron chi connectivity index (χ0n) is 13.7. The fourth-order valence-corrected chi connectivity index (χ4v) is 2.98. The number of alkyl halides is 1. The van der Waals surface area contributed by atoms with Gasteiger partial charge in [-0.05, 0) is 24.1 Å². The predicted octanol–water partition coefficient (Wildman–Crippen LogP) is 3.18. The van der Waals surface area contributed by atoms with Gasteiger partial charge in [0.2, 0.25) is 11.3 Å². The van der Waals surface area contributed by atoms with E-state index in [4.69, 9.17) is 11.6 Å². The number of hydrogen-bond acceptors (Lipinski definition) is 4. The van der Waals surface area contributed by atoms with Crippen LogP contribution in [0.15, 0.2) is 48.7 Å². The van der Waals surface area contributed by atoms with Crippen LogP contribution < -0.4 is 0 Å². The molecular weight excluding hydrogens is 364 g/mol. The van der Waals surface area contributed by atoms with Gasteiger partial charge in [-0.2, -0.15) is 4.31 Å². The van der Waals surface area contributed by atoms with Gasteiger partial charge in [0.15, 0.2) is 0 Å². The molecule has 0 amide bonds. The molecule has 2 atom stereocenters. The molecule has 1 aromatic heterocycles. The standard InChI is InChI=1S/C17H19ClN2O4S/c1-24-17(21)14-7-8-15(19-11-14)12-20(25(22)23)10-9-16(18)13-5-3-2-4-6-13/h2-8,11,16H,9-10,12H2,1H3,(H,22,23). The van der Waals surface area contributed by atoms with Crippen LogP contribution in [0.2, 0.25) is 0 Å². The van der Waals surface area contributed by atoms with Crippen molar-refractivity contribution in [3.8, 4) is 0 Å². The molecule has 0 saturated carbocycles. The minimum absolute atomic E-state index is 0.170. The Labute approximate surface area is 154 Å². The van der Waals surface area contributed by atoms with E-state index in [1.165, 1.54) is 17.6 Å². The normalized spacial score (nSPS) is 13.4. The molecular formula is C17H19ClN2O4S. The Bertz CT molecular complexity index is 712. The van der Waals surface area contributed by atoms with Gasteiger partial charge in [-0.1, -0.05) is 30.3 Å². The Morgan fingerprint density at radius 1 is 1.32 bits per heavy atom. The molecule has 8 heteroatoms. The lowest BCUT2D eigenvalue weighted by molar-refractivity contribution is 0.0600. The van der Waals surface area contributed by atoms with Gasteiger partial charge < -0.3 is 4.74 Å². The van der Waals surface area contributed by atoms with Crippen LogP contribution in [0.25, 0.3) is 0 Å². The van der Waals surface area contributed by atoms with E-state index in [9.17, 15) is 13.6 Å². The Hall–Kier alpha value is -1.80. The van der Waals surface area contributed by atoms with Crippen LogP contribution in [0.1, 0.15) is 33.4 Å². The summed E-state index contributed by atoms with van der Waals surface area (Å²) < 4.78 is 27.0. The summed E-state index contributed by atoms with van der Waals surface area (Å²) in [5, 5.41) is -0.248. The largest absolute Gasteiger partial charge is 0.465 e. The number of hydrogen-bond donors (Lipinski definition) is 1. The second kappa shape index (κ2) is 9.62. The van der Waals surface area contributed by atoms with Crippen LogP contribution in [-0.2, 0) is 22.5 Å². The minimum Gasteiger partial charge on any atom is -0.465 e. The van der Waals surface area contributed by atoms with Crippen LogP contribution in [0.4, 0.5) is 0 Å². The first-order chi connectivity index (χ1) is 12.0. The molecule has 1 N–H and O–H groups in total. The Morgan fingerprint density at radius 2 is 2.04 bits per heavy atom. The lowest BCUT2D eigenvalue weighted by atomic mass is 10.1. The fraction of sp³-hybridized carbons (Fsp3) is 0.294. The van der Waals surface area contributed by atoms with Crippen molar-refractivity contribution in [2.45, 2.75) is 18.3 Å². The zero-order valence-corrected chi connectivity index (χ0v) is 15.2. The molecule has 1 aromatic carbocycles. The van der Waals surface area contributed by atoms with Gasteiger partial charge in [-0.25, -0.2) is 9.00 Å². The van der Waals surface area contributed by atoms with Gasteiger partial charge in [0.05, 0.1) is 30.3 Å². The van der Waals surface area contributed by atoms with Crippen molar-refractivity contribution in [3.05, 3.63) is 65.5 Å². The molecule has 0 bridgehead atoms. The second-order valence-electron chi connectivity index (χ2n) is 5.29. The minimum atomic E-state index is -2.15. The molecule has 25 heavy (non-hydrogen) atoms. The number of rotatable bonds is 8. The van der Waals surface area contributed by atoms with Crippen molar-refractivity contribution >= 4 is 28.8 Å². The number of ether oxygens (including phenoxy) is 1. The second-order valence-corrected chi connectivity index (χ2v) is 6.80. The SMILES string of the molecule is COC(=O)c1ccc(CN(CCC(Cl)c2ccccc2)S(=O)O)nc1. The van der Waals surface area contributed by atoms with E-state index in [0.717, 1.165) is 5.56 Å². The van der Waals surface area contributed by atoms with Crippen molar-refractivity contribution in [1.29, 1.82) is 0 Å². The van der Waals surface area contributed by atoms with E-state index < -0.39 is 17.2 Å². The maximum absolute atomic E-state index is 11.6. The number of aromatic nitrogens is 1. The summed E-state index contributed by atoms with van der Waals surface area (Å²) in [6.07, 6.45) is 1.89. The van der Waals surface area contributed by atoms with Gasteiger partial charge in [0.25, 0.3) is 0 Å². The Morgan fingerprint density at radius 3 is 2.60 bits per heavy atom. The summed E-state index contributed by atoms with van der Waals surface area (Å²) in [4.78, 5) is 15.5. The quantitative estimate of drug-likeness (QED) is 0.431. The number of carbonyl (C=O) groups is 1. The van der Waals surface area contributed by atoms with Gasteiger partial charge in [-0.3, -0.25) is 9.54 Å². The van der Waals surface area contributed by atoms with Crippen LogP contribution in [0.3, 0.4) is 0 Å². The first kappa shape index (κ1) is 19.5. The number of esters is 1. The van der Waals surface area contributed by atoms with E-state index in [2.05, 4.69) is 9.72 Å². The van der Waals surface area contributed by atoms with Gasteiger partial charge in [-0.15, -0.1) is 11.6 Å². The maximum Gasteiger partial charge on any atom is 0.339 e. The highest BCUT2D eigenvalue weighted by Crippen LogP contribution is 2.24. The average molecular weight is 383 g/mol. The van der Waals surface area contributed by atoms with Gasteiger partial charge in [0.1, 0.15) is 0 Å². The van der Waals surface area contributed by atoms with E-state index in [0.29, 0.717) is 24.2 Å². The maximum atomic E-state index is 11.6. The highest BCUT2D eigenvalue weighted by Gasteiger charge is 2.16. The summed E-state index contributed by atoms with van der Waals surface area (Å²) in [5.74, 6) is -0.477. The third-order valence-electron chi connectivity index (χ3n) is 3.60. The lowest BCUT2D eigenvalue weighted by Crippen LogP contribution is -2.27. The molecule has 2 unspecified atom stereocenters. The smallest absolute Gasteiger partial charge is 0.339 e. The molecule has 0 radical (unpaired) electrons. The van der Waals surface area contributed by atoms with Gasteiger partial charge in [0, 0.05) is 12.7 Å². The van der Waals surface area contributed by atoms with E-state index >= 15 is 0 Å². The van der Waals surface area contributed by atoms with Gasteiger partial charge >= 0.3 is 5.97 Å². The number of halogens is 1. The average Bonchev–Trinajstić information content (AvgIpc) is 2.65. The molecule has 0 aliphatic carbocycles. The first-order valence-electron chi connectivity index (χ1n) is 7.59. The number of benzene rings is 1. The van der Waals surface area contributed by atoms with Crippen LogP contribution in [0.5, 0.6) is 0 Å². The van der Waals surface area contributed by atoms with E-state index in [-0.39, 0.29) is 11.9 Å². The summed E-state index contributed by atoms with van der Waals surface area (Å²) in [7, 11) is 1.29. The van der Waals surface area contributed by atoms with Crippen molar-refractivity contribution in [2.24, 2.45) is 0 Å². The summed E-state index contributed by atoms with van der Waals surface area (Å²) in [6, 6.07) is 12.8. The molecule has 0 saturated heterocycles. The van der Waals surface area contributed by atoms with E-state index in [1.54, 1.807) is 12.1 Å². The highest BCUT2D eigenvalue weighted by molar-refractivity contribution is 7.76. The summed E-state index contributed by atoms with van der Waals surface area (Å²) in [5.41, 5.74) is 1.86. The van der Waals surface area contributed by atoms with Crippen molar-refractivity contribution in [3.63, 3.8) is 0 Å².